The molecule has 0 spiro atoms. The number of unbranched alkanes of at least 4 members (excludes halogenated alkanes) is 4. The molecular formula is C109H113BN4. The van der Waals surface area contributed by atoms with E-state index < -0.39 is 0 Å². The van der Waals surface area contributed by atoms with Crippen molar-refractivity contribution in [3.63, 3.8) is 0 Å². The lowest BCUT2D eigenvalue weighted by molar-refractivity contribution is 0.590. The normalized spacial score (nSPS) is 13.4. The SMILES string of the molecule is CCCCCCCc1cc2c3c(c1)N(c1c(-c4ccccc4)cc(C(C)(C)C)cc1-c1ccccc1)c1cc(-n4c5ccc(C(C)(C)C)cc5c5cc(C(C)(C)C)ccc54)ccc1B3c1ccc(-n3c4ccc(C(C)(C)C)cc4c4cc(C(C)(C)C)ccc43)cc1N2c1c(-c2ccccc2)cc(C(C)(C)C)cc1-c1ccccc1. The van der Waals surface area contributed by atoms with E-state index in [0.29, 0.717) is 0 Å². The summed E-state index contributed by atoms with van der Waals surface area (Å²) in [7, 11) is 0. The third-order valence-corrected chi connectivity index (χ3v) is 24.9. The van der Waals surface area contributed by atoms with Crippen LogP contribution >= 0.6 is 0 Å². The molecule has 15 aromatic rings. The zero-order valence-corrected chi connectivity index (χ0v) is 71.0. The number of fused-ring (bicyclic) bond motifs is 10. The molecule has 0 bridgehead atoms. The molecule has 2 aliphatic heterocycles. The molecule has 0 radical (unpaired) electrons. The second kappa shape index (κ2) is 28.3. The van der Waals surface area contributed by atoms with Gasteiger partial charge in [0.05, 0.1) is 33.4 Å². The average molecular weight is 1490 g/mol. The predicted octanol–water partition coefficient (Wildman–Crippen LogP) is 28.9. The predicted molar refractivity (Wildman–Crippen MR) is 496 cm³/mol. The van der Waals surface area contributed by atoms with Crippen molar-refractivity contribution in [2.24, 2.45) is 0 Å². The Labute approximate surface area is 679 Å². The van der Waals surface area contributed by atoms with Crippen LogP contribution < -0.4 is 26.2 Å². The van der Waals surface area contributed by atoms with Gasteiger partial charge >= 0.3 is 0 Å². The summed E-state index contributed by atoms with van der Waals surface area (Å²) in [6.45, 7) is 44.6. The molecule has 0 unspecified atom stereocenters. The van der Waals surface area contributed by atoms with Crippen LogP contribution in [0.15, 0.2) is 267 Å². The lowest BCUT2D eigenvalue weighted by Gasteiger charge is -2.46. The highest BCUT2D eigenvalue weighted by Gasteiger charge is 2.46. The first-order chi connectivity index (χ1) is 54.3. The molecule has 0 amide bonds. The van der Waals surface area contributed by atoms with Crippen LogP contribution in [0.1, 0.15) is 203 Å². The van der Waals surface area contributed by atoms with Crippen LogP contribution in [0.4, 0.5) is 34.1 Å². The van der Waals surface area contributed by atoms with E-state index in [1.165, 1.54) is 197 Å². The molecule has 0 saturated carbocycles. The van der Waals surface area contributed by atoms with Crippen molar-refractivity contribution in [1.82, 2.24) is 9.13 Å². The van der Waals surface area contributed by atoms with Crippen LogP contribution in [0.25, 0.3) is 99.5 Å². The van der Waals surface area contributed by atoms with Gasteiger partial charge in [-0.25, -0.2) is 0 Å². The number of anilines is 6. The molecule has 0 N–H and O–H groups in total. The molecule has 0 saturated heterocycles. The zero-order chi connectivity index (χ0) is 79.9. The molecule has 5 heteroatoms. The van der Waals surface area contributed by atoms with Crippen LogP contribution in [0.5, 0.6) is 0 Å². The van der Waals surface area contributed by atoms with Crippen molar-refractivity contribution in [1.29, 1.82) is 0 Å². The Morgan fingerprint density at radius 2 is 0.553 bits per heavy atom. The standard InChI is InChI=1S/C109H113BN4/c1-20-21-22-23-28-37-70-58-99-101-100(59-70)114(103-85(73-42-33-26-34-43-73)66-80(109(17,18)19)67-86(103)74-44-35-27-36-45-74)98-69-82(112-95-56-48-77(106(8,9)10)62-89(95)90-63-78(107(11,12)13)49-57-96(90)112)51-53-92(98)110(101)91-52-50-81(111-93-54-46-75(104(2,3)4)60-87(93)88-61-76(105(5,6)7)47-55-94(88)111)68-97(91)113(99)102-83(71-38-29-24-30-39-71)64-79(108(14,15)16)65-84(102)72-40-31-25-32-41-72/h24-27,29-36,38-69H,20-23,28,37H2,1-19H3. The fraction of sp³-hybridized carbons (Fsp3) is 0.284. The van der Waals surface area contributed by atoms with Crippen molar-refractivity contribution < 1.29 is 0 Å². The summed E-state index contributed by atoms with van der Waals surface area (Å²) < 4.78 is 5.19. The van der Waals surface area contributed by atoms with Crippen molar-refractivity contribution in [3.05, 3.63) is 306 Å². The highest BCUT2D eigenvalue weighted by Crippen LogP contribution is 2.56. The van der Waals surface area contributed by atoms with Crippen molar-refractivity contribution >= 4 is 101 Å². The Kier molecular flexibility index (Phi) is 18.8. The molecule has 114 heavy (non-hydrogen) atoms. The van der Waals surface area contributed by atoms with Gasteiger partial charge in [0.15, 0.2) is 0 Å². The largest absolute Gasteiger partial charge is 0.310 e. The van der Waals surface area contributed by atoms with Crippen LogP contribution in [0.3, 0.4) is 0 Å². The summed E-state index contributed by atoms with van der Waals surface area (Å²) in [5.41, 5.74) is 36.0. The van der Waals surface area contributed by atoms with Gasteiger partial charge in [0.2, 0.25) is 0 Å². The monoisotopic (exact) mass is 1490 g/mol. The fourth-order valence-corrected chi connectivity index (χ4v) is 18.3. The molecule has 4 nitrogen and oxygen atoms in total. The van der Waals surface area contributed by atoms with Gasteiger partial charge in [-0.15, -0.1) is 0 Å². The number of hydrogen-bond acceptors (Lipinski definition) is 2. The molecule has 2 aliphatic rings. The molecule has 0 aliphatic carbocycles. The number of nitrogens with zero attached hydrogens (tertiary/aromatic N) is 4. The summed E-state index contributed by atoms with van der Waals surface area (Å²) in [4.78, 5) is 5.59. The minimum atomic E-state index is -0.235. The number of hydrogen-bond donors (Lipinski definition) is 0. The van der Waals surface area contributed by atoms with Crippen molar-refractivity contribution in [2.75, 3.05) is 9.80 Å². The maximum Gasteiger partial charge on any atom is 0.252 e. The number of aromatic nitrogens is 2. The Bertz CT molecular complexity index is 5590. The van der Waals surface area contributed by atoms with Crippen LogP contribution in [-0.4, -0.2) is 15.8 Å². The van der Waals surface area contributed by atoms with Gasteiger partial charge in [0.1, 0.15) is 0 Å². The first-order valence-electron chi connectivity index (χ1n) is 42.1. The summed E-state index contributed by atoms with van der Waals surface area (Å²) in [6, 6.07) is 105. The van der Waals surface area contributed by atoms with Gasteiger partial charge in [-0.3, -0.25) is 0 Å². The Hall–Kier alpha value is -10.9. The van der Waals surface area contributed by atoms with Crippen LogP contribution in [-0.2, 0) is 38.9 Å². The van der Waals surface area contributed by atoms with Crippen LogP contribution in [0.2, 0.25) is 0 Å². The minimum Gasteiger partial charge on any atom is -0.310 e. The summed E-state index contributed by atoms with van der Waals surface area (Å²) >= 11 is 0. The summed E-state index contributed by atoms with van der Waals surface area (Å²) in [5.74, 6) is 0. The molecule has 13 aromatic carbocycles. The average Bonchev–Trinajstić information content (AvgIpc) is 0.759. The first-order valence-corrected chi connectivity index (χ1v) is 42.1. The van der Waals surface area contributed by atoms with Crippen molar-refractivity contribution in [3.8, 4) is 55.9 Å². The molecule has 572 valence electrons. The van der Waals surface area contributed by atoms with Crippen LogP contribution in [0, 0.1) is 0 Å². The molecule has 4 heterocycles. The highest BCUT2D eigenvalue weighted by molar-refractivity contribution is 7.00. The maximum atomic E-state index is 2.79. The Morgan fingerprint density at radius 3 is 0.833 bits per heavy atom. The number of benzene rings is 13. The van der Waals surface area contributed by atoms with Gasteiger partial charge in [-0.2, -0.15) is 0 Å². The Morgan fingerprint density at radius 1 is 0.263 bits per heavy atom. The van der Waals surface area contributed by atoms with E-state index in [1.54, 1.807) is 0 Å². The molecule has 17 rings (SSSR count). The first kappa shape index (κ1) is 75.8. The van der Waals surface area contributed by atoms with Gasteiger partial charge in [0.25, 0.3) is 6.71 Å². The smallest absolute Gasteiger partial charge is 0.252 e. The quantitative estimate of drug-likeness (QED) is 0.0797. The fourth-order valence-electron chi connectivity index (χ4n) is 18.3. The second-order valence-corrected chi connectivity index (χ2v) is 39.2. The Balaban J connectivity index is 1.06. The minimum absolute atomic E-state index is 0.0584. The van der Waals surface area contributed by atoms with Gasteiger partial charge < -0.3 is 18.9 Å². The van der Waals surface area contributed by atoms with E-state index in [-0.39, 0.29) is 39.2 Å². The number of aryl methyl sites for hydroxylation is 1. The van der Waals surface area contributed by atoms with E-state index in [0.717, 1.165) is 30.6 Å². The van der Waals surface area contributed by atoms with E-state index in [9.17, 15) is 0 Å². The van der Waals surface area contributed by atoms with E-state index >= 15 is 0 Å². The van der Waals surface area contributed by atoms with E-state index in [4.69, 9.17) is 0 Å². The lowest BCUT2D eigenvalue weighted by Crippen LogP contribution is -2.61. The summed E-state index contributed by atoms with van der Waals surface area (Å²) in [6.07, 6.45) is 6.77. The van der Waals surface area contributed by atoms with Gasteiger partial charge in [-0.05, 0) is 232 Å². The lowest BCUT2D eigenvalue weighted by atomic mass is 9.33. The second-order valence-electron chi connectivity index (χ2n) is 39.2. The number of rotatable bonds is 14. The molecule has 2 aromatic heterocycles. The molecule has 0 atom stereocenters. The van der Waals surface area contributed by atoms with E-state index in [1.807, 2.05) is 0 Å². The highest BCUT2D eigenvalue weighted by atomic mass is 15.2. The topological polar surface area (TPSA) is 16.3 Å². The van der Waals surface area contributed by atoms with Gasteiger partial charge in [-0.1, -0.05) is 315 Å². The van der Waals surface area contributed by atoms with Gasteiger partial charge in [0, 0.05) is 77.9 Å². The van der Waals surface area contributed by atoms with E-state index in [2.05, 4.69) is 417 Å². The summed E-state index contributed by atoms with van der Waals surface area (Å²) in [5, 5.41) is 5.10. The zero-order valence-electron chi connectivity index (χ0n) is 71.0. The molecular weight excluding hydrogens is 1380 g/mol. The third kappa shape index (κ3) is 13.5. The molecule has 0 fully saturated rings. The third-order valence-electron chi connectivity index (χ3n) is 24.9. The van der Waals surface area contributed by atoms with Crippen molar-refractivity contribution in [2.45, 2.75) is 203 Å². The maximum absolute atomic E-state index is 2.79.